The number of carbonyl (C=O) groups is 1. The number of ether oxygens (including phenoxy) is 1. The number of nitrogens with zero attached hydrogens (tertiary/aromatic N) is 1. The summed E-state index contributed by atoms with van der Waals surface area (Å²) < 4.78 is 5.64. The molecule has 2 aromatic carbocycles. The van der Waals surface area contributed by atoms with E-state index >= 15 is 0 Å². The normalized spacial score (nSPS) is 10.5. The highest BCUT2D eigenvalue weighted by Crippen LogP contribution is 2.26. The van der Waals surface area contributed by atoms with Gasteiger partial charge in [0.05, 0.1) is 12.2 Å². The van der Waals surface area contributed by atoms with Gasteiger partial charge in [-0.1, -0.05) is 49.4 Å². The Balaban J connectivity index is 1.53. The minimum absolute atomic E-state index is 0.00575. The van der Waals surface area contributed by atoms with Gasteiger partial charge in [-0.2, -0.15) is 0 Å². The van der Waals surface area contributed by atoms with Crippen LogP contribution >= 0.6 is 11.3 Å². The number of hydrogen-bond acceptors (Lipinski definition) is 4. The van der Waals surface area contributed by atoms with E-state index in [9.17, 15) is 4.79 Å². The molecule has 1 N–H and O–H groups in total. The van der Waals surface area contributed by atoms with Gasteiger partial charge in [0, 0.05) is 10.9 Å². The van der Waals surface area contributed by atoms with E-state index in [1.807, 2.05) is 41.8 Å². The number of rotatable bonds is 7. The summed E-state index contributed by atoms with van der Waals surface area (Å²) in [6, 6.07) is 15.9. The van der Waals surface area contributed by atoms with Crippen LogP contribution in [0.2, 0.25) is 0 Å². The lowest BCUT2D eigenvalue weighted by atomic mass is 10.1. The molecule has 0 spiro atoms. The number of carbonyl (C=O) groups excluding carboxylic acids is 1. The number of aromatic nitrogens is 1. The first-order chi connectivity index (χ1) is 12.7. The predicted octanol–water partition coefficient (Wildman–Crippen LogP) is 4.38. The molecule has 0 aliphatic rings. The van der Waals surface area contributed by atoms with Gasteiger partial charge < -0.3 is 10.1 Å². The van der Waals surface area contributed by atoms with E-state index in [-0.39, 0.29) is 12.5 Å². The minimum atomic E-state index is -0.152. The van der Waals surface area contributed by atoms with Crippen LogP contribution in [0, 0.1) is 6.92 Å². The summed E-state index contributed by atoms with van der Waals surface area (Å²) in [5.74, 6) is 0.613. The lowest BCUT2D eigenvalue weighted by molar-refractivity contribution is -0.123. The number of thiazole rings is 1. The van der Waals surface area contributed by atoms with Crippen molar-refractivity contribution >= 4 is 17.2 Å². The van der Waals surface area contributed by atoms with Crippen LogP contribution in [0.15, 0.2) is 53.9 Å². The Morgan fingerprint density at radius 3 is 2.73 bits per heavy atom. The van der Waals surface area contributed by atoms with E-state index in [2.05, 4.69) is 36.3 Å². The second-order valence-electron chi connectivity index (χ2n) is 5.99. The standard InChI is InChI=1S/C21H22N2O2S/c1-3-16-9-5-7-11-19(16)25-13-20(24)22-12-17-14-26-21(23-17)18-10-6-4-8-15(18)2/h4-11,14H,3,12-13H2,1-2H3,(H,22,24). The lowest BCUT2D eigenvalue weighted by Crippen LogP contribution is -2.28. The molecule has 3 rings (SSSR count). The van der Waals surface area contributed by atoms with Gasteiger partial charge in [0.2, 0.25) is 0 Å². The Morgan fingerprint density at radius 1 is 1.15 bits per heavy atom. The van der Waals surface area contributed by atoms with E-state index in [0.29, 0.717) is 6.54 Å². The number of nitrogens with one attached hydrogen (secondary N) is 1. The minimum Gasteiger partial charge on any atom is -0.483 e. The van der Waals surface area contributed by atoms with Gasteiger partial charge >= 0.3 is 0 Å². The van der Waals surface area contributed by atoms with Crippen molar-refractivity contribution in [1.82, 2.24) is 10.3 Å². The molecule has 0 radical (unpaired) electrons. The summed E-state index contributed by atoms with van der Waals surface area (Å²) in [5, 5.41) is 5.82. The molecule has 0 unspecified atom stereocenters. The maximum absolute atomic E-state index is 12.1. The van der Waals surface area contributed by atoms with Crippen molar-refractivity contribution in [2.45, 2.75) is 26.8 Å². The van der Waals surface area contributed by atoms with Gasteiger partial charge in [-0.15, -0.1) is 11.3 Å². The summed E-state index contributed by atoms with van der Waals surface area (Å²) in [7, 11) is 0. The third kappa shape index (κ3) is 4.49. The molecule has 26 heavy (non-hydrogen) atoms. The fraction of sp³-hybridized carbons (Fsp3) is 0.238. The first-order valence-electron chi connectivity index (χ1n) is 8.65. The van der Waals surface area contributed by atoms with Crippen molar-refractivity contribution in [1.29, 1.82) is 0 Å². The smallest absolute Gasteiger partial charge is 0.258 e. The largest absolute Gasteiger partial charge is 0.483 e. The number of aryl methyl sites for hydroxylation is 2. The Morgan fingerprint density at radius 2 is 1.92 bits per heavy atom. The molecule has 3 aromatic rings. The predicted molar refractivity (Wildman–Crippen MR) is 105 cm³/mol. The molecule has 0 atom stereocenters. The topological polar surface area (TPSA) is 51.2 Å². The van der Waals surface area contributed by atoms with Crippen LogP contribution in [0.4, 0.5) is 0 Å². The SMILES string of the molecule is CCc1ccccc1OCC(=O)NCc1csc(-c2ccccc2C)n1. The van der Waals surface area contributed by atoms with E-state index in [1.54, 1.807) is 11.3 Å². The maximum atomic E-state index is 12.1. The van der Waals surface area contributed by atoms with Crippen LogP contribution in [0.5, 0.6) is 5.75 Å². The number of benzene rings is 2. The van der Waals surface area contributed by atoms with Crippen LogP contribution < -0.4 is 10.1 Å². The molecule has 1 amide bonds. The van der Waals surface area contributed by atoms with Crippen LogP contribution in [0.1, 0.15) is 23.7 Å². The van der Waals surface area contributed by atoms with Gasteiger partial charge in [0.15, 0.2) is 6.61 Å². The highest BCUT2D eigenvalue weighted by atomic mass is 32.1. The molecule has 1 aromatic heterocycles. The van der Waals surface area contributed by atoms with Crippen molar-refractivity contribution in [3.8, 4) is 16.3 Å². The van der Waals surface area contributed by atoms with Gasteiger partial charge in [-0.3, -0.25) is 4.79 Å². The second kappa shape index (κ2) is 8.63. The average molecular weight is 366 g/mol. The highest BCUT2D eigenvalue weighted by Gasteiger charge is 2.09. The zero-order valence-corrected chi connectivity index (χ0v) is 15.8. The fourth-order valence-corrected chi connectivity index (χ4v) is 3.55. The number of para-hydroxylation sites is 1. The van der Waals surface area contributed by atoms with Crippen LogP contribution in [0.25, 0.3) is 10.6 Å². The Labute approximate surface area is 157 Å². The van der Waals surface area contributed by atoms with E-state index in [4.69, 9.17) is 4.74 Å². The summed E-state index contributed by atoms with van der Waals surface area (Å²) in [6.07, 6.45) is 0.873. The summed E-state index contributed by atoms with van der Waals surface area (Å²) in [5.41, 5.74) is 4.29. The Hall–Kier alpha value is -2.66. The maximum Gasteiger partial charge on any atom is 0.258 e. The molecule has 1 heterocycles. The summed E-state index contributed by atoms with van der Waals surface area (Å²) >= 11 is 1.59. The third-order valence-electron chi connectivity index (χ3n) is 4.11. The zero-order valence-electron chi connectivity index (χ0n) is 15.0. The molecule has 0 aliphatic heterocycles. The molecular formula is C21H22N2O2S. The van der Waals surface area contributed by atoms with E-state index in [0.717, 1.165) is 34.0 Å². The second-order valence-corrected chi connectivity index (χ2v) is 6.84. The third-order valence-corrected chi connectivity index (χ3v) is 5.03. The zero-order chi connectivity index (χ0) is 18.4. The van der Waals surface area contributed by atoms with Crippen LogP contribution in [0.3, 0.4) is 0 Å². The van der Waals surface area contributed by atoms with Crippen molar-refractivity contribution in [2.75, 3.05) is 6.61 Å². The monoisotopic (exact) mass is 366 g/mol. The van der Waals surface area contributed by atoms with E-state index < -0.39 is 0 Å². The average Bonchev–Trinajstić information content (AvgIpc) is 3.14. The first-order valence-corrected chi connectivity index (χ1v) is 9.53. The fourth-order valence-electron chi connectivity index (χ4n) is 2.64. The molecule has 0 aliphatic carbocycles. The van der Waals surface area contributed by atoms with Gasteiger partial charge in [-0.25, -0.2) is 4.98 Å². The molecule has 0 saturated carbocycles. The Bertz CT molecular complexity index is 889. The van der Waals surface area contributed by atoms with Crippen molar-refractivity contribution < 1.29 is 9.53 Å². The molecule has 5 heteroatoms. The quantitative estimate of drug-likeness (QED) is 0.675. The van der Waals surface area contributed by atoms with Gasteiger partial charge in [-0.05, 0) is 30.5 Å². The van der Waals surface area contributed by atoms with Crippen LogP contribution in [-0.2, 0) is 17.8 Å². The molecule has 0 saturated heterocycles. The molecular weight excluding hydrogens is 344 g/mol. The number of amides is 1. The Kier molecular flexibility index (Phi) is 6.02. The molecule has 0 bridgehead atoms. The van der Waals surface area contributed by atoms with Crippen molar-refractivity contribution in [3.05, 3.63) is 70.7 Å². The van der Waals surface area contributed by atoms with Crippen LogP contribution in [-0.4, -0.2) is 17.5 Å². The van der Waals surface area contributed by atoms with Crippen molar-refractivity contribution in [3.63, 3.8) is 0 Å². The van der Waals surface area contributed by atoms with Crippen molar-refractivity contribution in [2.24, 2.45) is 0 Å². The molecule has 0 fully saturated rings. The van der Waals surface area contributed by atoms with E-state index in [1.165, 1.54) is 5.56 Å². The van der Waals surface area contributed by atoms with Gasteiger partial charge in [0.1, 0.15) is 10.8 Å². The number of hydrogen-bond donors (Lipinski definition) is 1. The van der Waals surface area contributed by atoms with Gasteiger partial charge in [0.25, 0.3) is 5.91 Å². The first kappa shape index (κ1) is 18.1. The lowest BCUT2D eigenvalue weighted by Gasteiger charge is -2.10. The molecule has 4 nitrogen and oxygen atoms in total. The molecule has 134 valence electrons. The summed E-state index contributed by atoms with van der Waals surface area (Å²) in [4.78, 5) is 16.7. The summed E-state index contributed by atoms with van der Waals surface area (Å²) in [6.45, 7) is 4.55. The highest BCUT2D eigenvalue weighted by molar-refractivity contribution is 7.13.